The quantitative estimate of drug-likeness (QED) is 0.706. The number of piperazine rings is 1. The van der Waals surface area contributed by atoms with Gasteiger partial charge in [0.25, 0.3) is 11.8 Å². The Hall–Kier alpha value is -3.11. The smallest absolute Gasteiger partial charge is 0.258 e. The lowest BCUT2D eigenvalue weighted by molar-refractivity contribution is -0.131. The molecule has 150 valence electrons. The zero-order chi connectivity index (χ0) is 20.6. The van der Waals surface area contributed by atoms with E-state index in [9.17, 15) is 22.8 Å². The molecule has 2 aliphatic rings. The summed E-state index contributed by atoms with van der Waals surface area (Å²) in [6, 6.07) is 9.25. The zero-order valence-electron chi connectivity index (χ0n) is 15.4. The number of carbonyl (C=O) groups is 3. The fraction of sp³-hybridized carbons (Fsp3) is 0.263. The fourth-order valence-corrected chi connectivity index (χ4v) is 4.85. The summed E-state index contributed by atoms with van der Waals surface area (Å²) in [4.78, 5) is 41.6. The summed E-state index contributed by atoms with van der Waals surface area (Å²) in [5.74, 6) is -1.24. The Kier molecular flexibility index (Phi) is 4.89. The van der Waals surface area contributed by atoms with Crippen molar-refractivity contribution in [1.29, 1.82) is 0 Å². The maximum Gasteiger partial charge on any atom is 0.258 e. The Morgan fingerprint density at radius 2 is 1.72 bits per heavy atom. The molecule has 0 saturated carbocycles. The number of benzene rings is 1. The molecular formula is C19H18N4O5S. The highest BCUT2D eigenvalue weighted by atomic mass is 32.2. The van der Waals surface area contributed by atoms with E-state index >= 15 is 0 Å². The molecule has 0 atom stereocenters. The van der Waals surface area contributed by atoms with Gasteiger partial charge in [-0.05, 0) is 30.3 Å². The zero-order valence-corrected chi connectivity index (χ0v) is 16.2. The third-order valence-electron chi connectivity index (χ3n) is 4.99. The maximum absolute atomic E-state index is 12.9. The molecule has 1 aromatic carbocycles. The summed E-state index contributed by atoms with van der Waals surface area (Å²) >= 11 is 0. The number of carbonyl (C=O) groups excluding carboxylic acids is 3. The van der Waals surface area contributed by atoms with Crippen LogP contribution in [0.2, 0.25) is 0 Å². The molecule has 3 heterocycles. The van der Waals surface area contributed by atoms with Crippen LogP contribution in [0.5, 0.6) is 0 Å². The van der Waals surface area contributed by atoms with E-state index in [1.54, 1.807) is 23.2 Å². The van der Waals surface area contributed by atoms with Crippen LogP contribution in [0.4, 0.5) is 0 Å². The Bertz CT molecular complexity index is 1090. The summed E-state index contributed by atoms with van der Waals surface area (Å²) in [6.07, 6.45) is 1.79. The van der Waals surface area contributed by atoms with E-state index in [-0.39, 0.29) is 54.5 Å². The molecule has 2 aliphatic heterocycles. The summed E-state index contributed by atoms with van der Waals surface area (Å²) < 4.78 is 27.2. The van der Waals surface area contributed by atoms with E-state index in [0.717, 1.165) is 0 Å². The van der Waals surface area contributed by atoms with Crippen molar-refractivity contribution in [2.24, 2.45) is 0 Å². The molecule has 2 aromatic rings. The molecule has 0 bridgehead atoms. The van der Waals surface area contributed by atoms with Gasteiger partial charge in [-0.1, -0.05) is 6.07 Å². The lowest BCUT2D eigenvalue weighted by Gasteiger charge is -2.34. The first-order valence-corrected chi connectivity index (χ1v) is 10.5. The number of pyridine rings is 1. The summed E-state index contributed by atoms with van der Waals surface area (Å²) in [6.45, 7) is 0.848. The van der Waals surface area contributed by atoms with Crippen molar-refractivity contribution in [3.63, 3.8) is 0 Å². The van der Waals surface area contributed by atoms with Gasteiger partial charge in [-0.15, -0.1) is 0 Å². The van der Waals surface area contributed by atoms with Crippen LogP contribution >= 0.6 is 0 Å². The Labute approximate surface area is 167 Å². The second-order valence-electron chi connectivity index (χ2n) is 6.77. The lowest BCUT2D eigenvalue weighted by atomic mass is 10.1. The summed E-state index contributed by atoms with van der Waals surface area (Å²) in [7, 11) is -3.84. The topological polar surface area (TPSA) is 117 Å². The van der Waals surface area contributed by atoms with Gasteiger partial charge in [0.2, 0.25) is 15.9 Å². The van der Waals surface area contributed by atoms with Gasteiger partial charge in [0.1, 0.15) is 0 Å². The molecule has 1 fully saturated rings. The van der Waals surface area contributed by atoms with Gasteiger partial charge in [0, 0.05) is 38.1 Å². The largest absolute Gasteiger partial charge is 0.340 e. The van der Waals surface area contributed by atoms with Gasteiger partial charge in [-0.2, -0.15) is 4.31 Å². The van der Waals surface area contributed by atoms with Crippen molar-refractivity contribution in [1.82, 2.24) is 19.5 Å². The third-order valence-corrected chi connectivity index (χ3v) is 6.89. The number of rotatable bonds is 4. The average Bonchev–Trinajstić information content (AvgIpc) is 3.02. The summed E-state index contributed by atoms with van der Waals surface area (Å²) in [5, 5.41) is 2.14. The maximum atomic E-state index is 12.9. The predicted molar refractivity (Wildman–Crippen MR) is 102 cm³/mol. The molecule has 1 N–H and O–H groups in total. The molecule has 9 nitrogen and oxygen atoms in total. The average molecular weight is 414 g/mol. The van der Waals surface area contributed by atoms with Crippen LogP contribution in [-0.4, -0.2) is 66.5 Å². The van der Waals surface area contributed by atoms with Crippen LogP contribution in [0.15, 0.2) is 47.5 Å². The molecule has 3 amide bonds. The van der Waals surface area contributed by atoms with Crippen molar-refractivity contribution >= 4 is 27.7 Å². The number of hydrogen-bond donors (Lipinski definition) is 1. The van der Waals surface area contributed by atoms with E-state index in [4.69, 9.17) is 0 Å². The highest BCUT2D eigenvalue weighted by Gasteiger charge is 2.33. The van der Waals surface area contributed by atoms with E-state index in [0.29, 0.717) is 5.69 Å². The molecule has 1 aromatic heterocycles. The molecule has 0 spiro atoms. The fourth-order valence-electron chi connectivity index (χ4n) is 3.40. The minimum Gasteiger partial charge on any atom is -0.340 e. The van der Waals surface area contributed by atoms with Crippen LogP contribution < -0.4 is 5.32 Å². The molecule has 1 saturated heterocycles. The van der Waals surface area contributed by atoms with Crippen LogP contribution in [0, 0.1) is 0 Å². The molecular weight excluding hydrogens is 396 g/mol. The van der Waals surface area contributed by atoms with Gasteiger partial charge >= 0.3 is 0 Å². The number of fused-ring (bicyclic) bond motifs is 1. The van der Waals surface area contributed by atoms with Crippen molar-refractivity contribution in [2.75, 3.05) is 26.2 Å². The van der Waals surface area contributed by atoms with Crippen LogP contribution in [0.25, 0.3) is 0 Å². The Morgan fingerprint density at radius 1 is 1.00 bits per heavy atom. The van der Waals surface area contributed by atoms with Gasteiger partial charge in [0.05, 0.1) is 22.4 Å². The van der Waals surface area contributed by atoms with Crippen LogP contribution in [0.1, 0.15) is 26.4 Å². The number of hydrogen-bond acceptors (Lipinski definition) is 6. The first-order chi connectivity index (χ1) is 13.9. The van der Waals surface area contributed by atoms with E-state index in [2.05, 4.69) is 10.3 Å². The van der Waals surface area contributed by atoms with E-state index in [1.165, 1.54) is 22.5 Å². The van der Waals surface area contributed by atoms with Gasteiger partial charge in [-0.3, -0.25) is 24.7 Å². The number of sulfonamides is 1. The third kappa shape index (κ3) is 3.64. The van der Waals surface area contributed by atoms with Crippen molar-refractivity contribution < 1.29 is 22.8 Å². The Morgan fingerprint density at radius 3 is 2.41 bits per heavy atom. The number of amides is 3. The highest BCUT2D eigenvalue weighted by Crippen LogP contribution is 2.23. The van der Waals surface area contributed by atoms with Crippen molar-refractivity contribution in [2.45, 2.75) is 11.3 Å². The molecule has 0 radical (unpaired) electrons. The number of nitrogens with zero attached hydrogens (tertiary/aromatic N) is 3. The van der Waals surface area contributed by atoms with Gasteiger partial charge in [0.15, 0.2) is 0 Å². The summed E-state index contributed by atoms with van der Waals surface area (Å²) in [5.41, 5.74) is 0.887. The van der Waals surface area contributed by atoms with Gasteiger partial charge < -0.3 is 4.90 Å². The second-order valence-corrected chi connectivity index (χ2v) is 8.71. The highest BCUT2D eigenvalue weighted by molar-refractivity contribution is 7.89. The first kappa shape index (κ1) is 19.2. The monoisotopic (exact) mass is 414 g/mol. The molecule has 4 rings (SSSR count). The number of imide groups is 1. The standard InChI is InChI=1S/C19H18N4O5S/c24-17(11-13-3-1-2-6-20-13)22-7-9-23(10-8-22)29(27,28)14-4-5-15-16(12-14)19(26)21-18(15)25/h1-6,12H,7-11H2,(H,21,25,26). The Balaban J connectivity index is 1.44. The molecule has 29 heavy (non-hydrogen) atoms. The van der Waals surface area contributed by atoms with E-state index < -0.39 is 21.8 Å². The van der Waals surface area contributed by atoms with E-state index in [1.807, 2.05) is 6.07 Å². The number of aromatic nitrogens is 1. The predicted octanol–water partition coefficient (Wildman–Crippen LogP) is 0.0408. The molecule has 0 aliphatic carbocycles. The van der Waals surface area contributed by atoms with Crippen LogP contribution in [-0.2, 0) is 21.2 Å². The minimum atomic E-state index is -3.84. The first-order valence-electron chi connectivity index (χ1n) is 9.04. The normalized spacial score (nSPS) is 17.2. The van der Waals surface area contributed by atoms with Crippen LogP contribution in [0.3, 0.4) is 0 Å². The minimum absolute atomic E-state index is 0.0469. The molecule has 10 heteroatoms. The van der Waals surface area contributed by atoms with Crippen molar-refractivity contribution in [3.8, 4) is 0 Å². The second kappa shape index (κ2) is 7.37. The SMILES string of the molecule is O=C1NC(=O)c2cc(S(=O)(=O)N3CCN(C(=O)Cc4ccccn4)CC3)ccc21. The van der Waals surface area contributed by atoms with Gasteiger partial charge in [-0.25, -0.2) is 8.42 Å². The number of nitrogens with one attached hydrogen (secondary N) is 1. The van der Waals surface area contributed by atoms with Crippen molar-refractivity contribution in [3.05, 3.63) is 59.4 Å². The molecule has 0 unspecified atom stereocenters. The lowest BCUT2D eigenvalue weighted by Crippen LogP contribution is -2.50.